The monoisotopic (exact) mass is 291 g/mol. The number of likely N-dealkylation sites (N-methyl/N-ethyl adjacent to an activating group) is 1. The molecule has 0 spiro atoms. The van der Waals surface area contributed by atoms with Crippen LogP contribution in [0.4, 0.5) is 0 Å². The Morgan fingerprint density at radius 2 is 2.14 bits per heavy atom. The number of ether oxygens (including phenoxy) is 2. The first kappa shape index (κ1) is 16.3. The molecule has 0 bridgehead atoms. The third kappa shape index (κ3) is 3.09. The molecular formula is C18H29NO2. The molecule has 1 aromatic carbocycles. The van der Waals surface area contributed by atoms with Crippen molar-refractivity contribution in [3.8, 4) is 5.75 Å². The Hall–Kier alpha value is -1.06. The Bertz CT molecular complexity index is 474. The molecule has 118 valence electrons. The zero-order valence-electron chi connectivity index (χ0n) is 14.0. The molecule has 0 fully saturated rings. The second kappa shape index (κ2) is 6.80. The van der Waals surface area contributed by atoms with Crippen molar-refractivity contribution in [3.05, 3.63) is 29.3 Å². The standard InChI is InChI=1S/C18H29NO2/c1-6-21-10-9-18(3)13(2)17(19-4)11-14-7-8-15(20-5)12-16(14)18/h7-8,12-13,17,19H,6,9-11H2,1-5H3. The normalized spacial score (nSPS) is 28.2. The van der Waals surface area contributed by atoms with Crippen LogP contribution in [-0.4, -0.2) is 33.4 Å². The van der Waals surface area contributed by atoms with E-state index in [9.17, 15) is 0 Å². The minimum atomic E-state index is 0.116. The molecule has 0 aromatic heterocycles. The van der Waals surface area contributed by atoms with E-state index in [1.807, 2.05) is 0 Å². The van der Waals surface area contributed by atoms with E-state index in [-0.39, 0.29) is 5.41 Å². The summed E-state index contributed by atoms with van der Waals surface area (Å²) in [6, 6.07) is 7.04. The highest BCUT2D eigenvalue weighted by Crippen LogP contribution is 2.45. The molecule has 0 saturated heterocycles. The molecule has 1 N–H and O–H groups in total. The number of rotatable bonds is 6. The summed E-state index contributed by atoms with van der Waals surface area (Å²) < 4.78 is 11.1. The summed E-state index contributed by atoms with van der Waals surface area (Å²) in [7, 11) is 3.81. The molecule has 0 aliphatic heterocycles. The molecule has 21 heavy (non-hydrogen) atoms. The SMILES string of the molecule is CCOCCC1(C)c2cc(OC)ccc2CC(NC)C1C. The van der Waals surface area contributed by atoms with Gasteiger partial charge in [-0.1, -0.05) is 19.9 Å². The third-order valence-corrected chi connectivity index (χ3v) is 5.32. The Morgan fingerprint density at radius 1 is 1.38 bits per heavy atom. The summed E-state index contributed by atoms with van der Waals surface area (Å²) in [5.74, 6) is 1.51. The maximum absolute atomic E-state index is 5.64. The van der Waals surface area contributed by atoms with Crippen LogP contribution in [-0.2, 0) is 16.6 Å². The highest BCUT2D eigenvalue weighted by molar-refractivity contribution is 5.43. The summed E-state index contributed by atoms with van der Waals surface area (Å²) in [6.45, 7) is 8.38. The smallest absolute Gasteiger partial charge is 0.119 e. The molecule has 0 amide bonds. The first-order chi connectivity index (χ1) is 10.1. The van der Waals surface area contributed by atoms with Gasteiger partial charge in [-0.05, 0) is 61.4 Å². The number of hydrogen-bond acceptors (Lipinski definition) is 3. The van der Waals surface area contributed by atoms with E-state index in [4.69, 9.17) is 9.47 Å². The lowest BCUT2D eigenvalue weighted by molar-refractivity contribution is 0.103. The van der Waals surface area contributed by atoms with Gasteiger partial charge in [-0.3, -0.25) is 0 Å². The van der Waals surface area contributed by atoms with Gasteiger partial charge in [-0.2, -0.15) is 0 Å². The van der Waals surface area contributed by atoms with Gasteiger partial charge < -0.3 is 14.8 Å². The predicted molar refractivity (Wildman–Crippen MR) is 87.2 cm³/mol. The first-order valence-corrected chi connectivity index (χ1v) is 7.99. The van der Waals surface area contributed by atoms with E-state index in [0.717, 1.165) is 31.8 Å². The zero-order valence-corrected chi connectivity index (χ0v) is 14.0. The van der Waals surface area contributed by atoms with E-state index in [1.54, 1.807) is 7.11 Å². The van der Waals surface area contributed by atoms with Crippen LogP contribution in [0.15, 0.2) is 18.2 Å². The van der Waals surface area contributed by atoms with Gasteiger partial charge in [0.05, 0.1) is 7.11 Å². The minimum absolute atomic E-state index is 0.116. The molecule has 3 heteroatoms. The Morgan fingerprint density at radius 3 is 2.76 bits per heavy atom. The molecular weight excluding hydrogens is 262 g/mol. The van der Waals surface area contributed by atoms with Gasteiger partial charge in [0, 0.05) is 19.3 Å². The van der Waals surface area contributed by atoms with Crippen molar-refractivity contribution < 1.29 is 9.47 Å². The molecule has 0 radical (unpaired) electrons. The molecule has 2 rings (SSSR count). The Kier molecular flexibility index (Phi) is 5.28. The van der Waals surface area contributed by atoms with Crippen molar-refractivity contribution in [1.82, 2.24) is 5.32 Å². The first-order valence-electron chi connectivity index (χ1n) is 7.99. The zero-order chi connectivity index (χ0) is 15.5. The second-order valence-corrected chi connectivity index (χ2v) is 6.28. The lowest BCUT2D eigenvalue weighted by atomic mass is 9.61. The summed E-state index contributed by atoms with van der Waals surface area (Å²) in [6.07, 6.45) is 2.13. The number of hydrogen-bond donors (Lipinski definition) is 1. The van der Waals surface area contributed by atoms with E-state index >= 15 is 0 Å². The quantitative estimate of drug-likeness (QED) is 0.817. The Balaban J connectivity index is 2.40. The van der Waals surface area contributed by atoms with Gasteiger partial charge in [0.2, 0.25) is 0 Å². The number of methoxy groups -OCH3 is 1. The number of benzene rings is 1. The van der Waals surface area contributed by atoms with Crippen LogP contribution in [0, 0.1) is 5.92 Å². The molecule has 0 saturated carbocycles. The van der Waals surface area contributed by atoms with Crippen LogP contribution in [0.1, 0.15) is 38.3 Å². The van der Waals surface area contributed by atoms with Gasteiger partial charge in [-0.25, -0.2) is 0 Å². The lowest BCUT2D eigenvalue weighted by Crippen LogP contribution is -2.49. The van der Waals surface area contributed by atoms with Gasteiger partial charge in [0.25, 0.3) is 0 Å². The maximum atomic E-state index is 5.64. The van der Waals surface area contributed by atoms with Gasteiger partial charge in [-0.15, -0.1) is 0 Å². The summed E-state index contributed by atoms with van der Waals surface area (Å²) in [5, 5.41) is 3.50. The van der Waals surface area contributed by atoms with Crippen molar-refractivity contribution in [2.45, 2.75) is 45.1 Å². The van der Waals surface area contributed by atoms with Crippen molar-refractivity contribution in [2.75, 3.05) is 27.4 Å². The number of fused-ring (bicyclic) bond motifs is 1. The fourth-order valence-electron chi connectivity index (χ4n) is 3.64. The van der Waals surface area contributed by atoms with Crippen molar-refractivity contribution >= 4 is 0 Å². The van der Waals surface area contributed by atoms with Crippen LogP contribution < -0.4 is 10.1 Å². The van der Waals surface area contributed by atoms with Crippen LogP contribution in [0.2, 0.25) is 0 Å². The highest BCUT2D eigenvalue weighted by atomic mass is 16.5. The summed E-state index contributed by atoms with van der Waals surface area (Å²) in [4.78, 5) is 0. The fourth-order valence-corrected chi connectivity index (χ4v) is 3.64. The average molecular weight is 291 g/mol. The molecule has 1 aliphatic carbocycles. The van der Waals surface area contributed by atoms with Crippen LogP contribution in [0.3, 0.4) is 0 Å². The topological polar surface area (TPSA) is 30.5 Å². The highest BCUT2D eigenvalue weighted by Gasteiger charge is 2.42. The second-order valence-electron chi connectivity index (χ2n) is 6.28. The third-order valence-electron chi connectivity index (χ3n) is 5.32. The largest absolute Gasteiger partial charge is 0.497 e. The van der Waals surface area contributed by atoms with Crippen molar-refractivity contribution in [3.63, 3.8) is 0 Å². The molecule has 1 aliphatic rings. The molecule has 1 aromatic rings. The summed E-state index contributed by atoms with van der Waals surface area (Å²) in [5.41, 5.74) is 2.98. The number of nitrogens with one attached hydrogen (secondary N) is 1. The molecule has 3 atom stereocenters. The van der Waals surface area contributed by atoms with Crippen molar-refractivity contribution in [2.24, 2.45) is 5.92 Å². The Labute approximate surface area is 129 Å². The summed E-state index contributed by atoms with van der Waals surface area (Å²) >= 11 is 0. The van der Waals surface area contributed by atoms with Gasteiger partial charge in [0.1, 0.15) is 5.75 Å². The van der Waals surface area contributed by atoms with E-state index in [1.165, 1.54) is 11.1 Å². The van der Waals surface area contributed by atoms with Gasteiger partial charge >= 0.3 is 0 Å². The molecule has 3 unspecified atom stereocenters. The van der Waals surface area contributed by atoms with Crippen LogP contribution in [0.5, 0.6) is 5.75 Å². The predicted octanol–water partition coefficient (Wildman–Crippen LogP) is 3.16. The van der Waals surface area contributed by atoms with E-state index in [0.29, 0.717) is 12.0 Å². The van der Waals surface area contributed by atoms with Crippen LogP contribution in [0.25, 0.3) is 0 Å². The van der Waals surface area contributed by atoms with Gasteiger partial charge in [0.15, 0.2) is 0 Å². The average Bonchev–Trinajstić information content (AvgIpc) is 2.51. The molecule has 0 heterocycles. The lowest BCUT2D eigenvalue weighted by Gasteiger charge is -2.46. The van der Waals surface area contributed by atoms with Crippen LogP contribution >= 0.6 is 0 Å². The van der Waals surface area contributed by atoms with E-state index in [2.05, 4.69) is 51.3 Å². The maximum Gasteiger partial charge on any atom is 0.119 e. The minimum Gasteiger partial charge on any atom is -0.497 e. The van der Waals surface area contributed by atoms with Crippen molar-refractivity contribution in [1.29, 1.82) is 0 Å². The molecule has 3 nitrogen and oxygen atoms in total. The fraction of sp³-hybridized carbons (Fsp3) is 0.667. The van der Waals surface area contributed by atoms with E-state index < -0.39 is 0 Å².